The van der Waals surface area contributed by atoms with Crippen LogP contribution in [-0.4, -0.2) is 47.0 Å². The van der Waals surface area contributed by atoms with Crippen LogP contribution in [0.25, 0.3) is 11.1 Å². The standard InChI is InChI=1S/C30H34FN7O2S/c1-18(19-4-7-22(31)8-5-19)40-26-14-20(6-9-25(26)37-41-3)28(32)27-29(34-2)24(16-35-30(27)33)21-15-36-38(17-21)23-10-12-39-13-11-23/h4-9,14-18,23,32,37H,10-13H2,1-3H3,(H3,33,34,35). The minimum Gasteiger partial charge on any atom is -0.484 e. The van der Waals surface area contributed by atoms with Gasteiger partial charge in [-0.25, -0.2) is 9.37 Å². The van der Waals surface area contributed by atoms with Crippen LogP contribution in [0.15, 0.2) is 61.1 Å². The number of anilines is 3. The number of rotatable bonds is 10. The number of hydrogen-bond acceptors (Lipinski definition) is 9. The van der Waals surface area contributed by atoms with E-state index in [1.54, 1.807) is 18.3 Å². The molecule has 1 fully saturated rings. The van der Waals surface area contributed by atoms with Gasteiger partial charge in [-0.3, -0.25) is 10.1 Å². The largest absolute Gasteiger partial charge is 0.484 e. The quantitative estimate of drug-likeness (QED) is 0.128. The van der Waals surface area contributed by atoms with Crippen LogP contribution < -0.4 is 20.5 Å². The van der Waals surface area contributed by atoms with Crippen molar-refractivity contribution in [2.45, 2.75) is 31.9 Å². The molecule has 0 aliphatic carbocycles. The minimum absolute atomic E-state index is 0.202. The van der Waals surface area contributed by atoms with E-state index >= 15 is 0 Å². The summed E-state index contributed by atoms with van der Waals surface area (Å²) in [5, 5.41) is 17.1. The van der Waals surface area contributed by atoms with Gasteiger partial charge in [0.15, 0.2) is 0 Å². The van der Waals surface area contributed by atoms with Crippen molar-refractivity contribution in [3.8, 4) is 16.9 Å². The minimum atomic E-state index is -0.349. The third kappa shape index (κ3) is 6.15. The van der Waals surface area contributed by atoms with E-state index in [1.165, 1.54) is 24.1 Å². The van der Waals surface area contributed by atoms with Gasteiger partial charge >= 0.3 is 0 Å². The lowest BCUT2D eigenvalue weighted by molar-refractivity contribution is 0.0662. The summed E-state index contributed by atoms with van der Waals surface area (Å²) < 4.78 is 30.5. The van der Waals surface area contributed by atoms with Gasteiger partial charge in [0.25, 0.3) is 0 Å². The second-order valence-electron chi connectivity index (χ2n) is 9.81. The van der Waals surface area contributed by atoms with Crippen LogP contribution in [0.3, 0.4) is 0 Å². The number of pyridine rings is 1. The molecule has 3 heterocycles. The van der Waals surface area contributed by atoms with Gasteiger partial charge in [0, 0.05) is 55.6 Å². The van der Waals surface area contributed by atoms with Crippen LogP contribution in [0, 0.1) is 11.2 Å². The lowest BCUT2D eigenvalue weighted by atomic mass is 9.97. The summed E-state index contributed by atoms with van der Waals surface area (Å²) in [4.78, 5) is 4.46. The lowest BCUT2D eigenvalue weighted by Crippen LogP contribution is -2.19. The molecular formula is C30H34FN7O2S. The van der Waals surface area contributed by atoms with Crippen molar-refractivity contribution in [1.29, 1.82) is 5.41 Å². The maximum atomic E-state index is 13.5. The Kier molecular flexibility index (Phi) is 8.75. The van der Waals surface area contributed by atoms with Crippen molar-refractivity contribution < 1.29 is 13.9 Å². The number of nitrogens with two attached hydrogens (primary N) is 1. The predicted molar refractivity (Wildman–Crippen MR) is 163 cm³/mol. The Morgan fingerprint density at radius 2 is 1.95 bits per heavy atom. The Morgan fingerprint density at radius 1 is 1.20 bits per heavy atom. The highest BCUT2D eigenvalue weighted by Gasteiger charge is 2.23. The van der Waals surface area contributed by atoms with E-state index in [1.807, 2.05) is 55.5 Å². The van der Waals surface area contributed by atoms with Crippen molar-refractivity contribution in [3.05, 3.63) is 83.6 Å². The third-order valence-corrected chi connectivity index (χ3v) is 7.64. The Balaban J connectivity index is 1.48. The van der Waals surface area contributed by atoms with Crippen LogP contribution in [-0.2, 0) is 4.74 Å². The fourth-order valence-electron chi connectivity index (χ4n) is 4.99. The zero-order valence-corrected chi connectivity index (χ0v) is 24.1. The summed E-state index contributed by atoms with van der Waals surface area (Å²) in [6, 6.07) is 12.1. The molecule has 2 aromatic heterocycles. The zero-order chi connectivity index (χ0) is 28.9. The average Bonchev–Trinajstić information content (AvgIpc) is 3.48. The molecule has 41 heavy (non-hydrogen) atoms. The van der Waals surface area contributed by atoms with E-state index in [0.717, 1.165) is 48.4 Å². The van der Waals surface area contributed by atoms with Gasteiger partial charge in [-0.2, -0.15) is 5.10 Å². The van der Waals surface area contributed by atoms with Crippen LogP contribution in [0.4, 0.5) is 21.6 Å². The van der Waals surface area contributed by atoms with Gasteiger partial charge in [0.05, 0.1) is 34.9 Å². The van der Waals surface area contributed by atoms with Gasteiger partial charge in [-0.1, -0.05) is 30.1 Å². The van der Waals surface area contributed by atoms with E-state index in [4.69, 9.17) is 15.2 Å². The molecule has 1 unspecified atom stereocenters. The summed E-state index contributed by atoms with van der Waals surface area (Å²) in [5.41, 5.74) is 11.7. The number of hydrogen-bond donors (Lipinski definition) is 4. The van der Waals surface area contributed by atoms with Crippen LogP contribution in [0.2, 0.25) is 0 Å². The van der Waals surface area contributed by atoms with Crippen LogP contribution in [0.1, 0.15) is 48.6 Å². The molecule has 1 saturated heterocycles. The van der Waals surface area contributed by atoms with Gasteiger partial charge < -0.3 is 25.2 Å². The molecule has 0 saturated carbocycles. The maximum absolute atomic E-state index is 13.5. The summed E-state index contributed by atoms with van der Waals surface area (Å²) in [6.07, 6.45) is 8.96. The number of nitrogens with zero attached hydrogens (tertiary/aromatic N) is 3. The van der Waals surface area contributed by atoms with Crippen molar-refractivity contribution in [3.63, 3.8) is 0 Å². The molecule has 11 heteroatoms. The smallest absolute Gasteiger partial charge is 0.144 e. The molecule has 9 nitrogen and oxygen atoms in total. The molecule has 4 aromatic rings. The predicted octanol–water partition coefficient (Wildman–Crippen LogP) is 6.31. The number of nitrogens with one attached hydrogen (secondary N) is 3. The van der Waals surface area contributed by atoms with Gasteiger partial charge in [0.1, 0.15) is 23.5 Å². The average molecular weight is 576 g/mol. The summed E-state index contributed by atoms with van der Waals surface area (Å²) >= 11 is 1.44. The number of ether oxygens (including phenoxy) is 2. The van der Waals surface area contributed by atoms with E-state index in [2.05, 4.69) is 20.1 Å². The number of aromatic nitrogens is 3. The molecule has 0 radical (unpaired) electrons. The van der Waals surface area contributed by atoms with E-state index in [9.17, 15) is 9.80 Å². The first-order valence-electron chi connectivity index (χ1n) is 13.4. The third-order valence-electron chi connectivity index (χ3n) is 7.21. The van der Waals surface area contributed by atoms with Crippen molar-refractivity contribution >= 4 is 34.9 Å². The van der Waals surface area contributed by atoms with E-state index < -0.39 is 0 Å². The highest BCUT2D eigenvalue weighted by atomic mass is 32.2. The first-order chi connectivity index (χ1) is 19.9. The molecule has 214 valence electrons. The first kappa shape index (κ1) is 28.4. The molecule has 1 aliphatic rings. The lowest BCUT2D eigenvalue weighted by Gasteiger charge is -2.22. The molecule has 1 atom stereocenters. The second kappa shape index (κ2) is 12.6. The Labute approximate surface area is 243 Å². The van der Waals surface area contributed by atoms with Crippen molar-refractivity contribution in [1.82, 2.24) is 14.8 Å². The number of halogens is 1. The molecule has 0 amide bonds. The topological polar surface area (TPSA) is 123 Å². The highest BCUT2D eigenvalue weighted by molar-refractivity contribution is 7.99. The summed E-state index contributed by atoms with van der Waals surface area (Å²) in [7, 11) is 1.81. The molecule has 5 rings (SSSR count). The Bertz CT molecular complexity index is 1520. The van der Waals surface area contributed by atoms with Crippen molar-refractivity contribution in [2.75, 3.05) is 42.3 Å². The fourth-order valence-corrected chi connectivity index (χ4v) is 5.38. The van der Waals surface area contributed by atoms with Crippen LogP contribution in [0.5, 0.6) is 5.75 Å². The van der Waals surface area contributed by atoms with Crippen molar-refractivity contribution in [2.24, 2.45) is 0 Å². The Morgan fingerprint density at radius 3 is 2.66 bits per heavy atom. The summed E-state index contributed by atoms with van der Waals surface area (Å²) in [6.45, 7) is 3.36. The van der Waals surface area contributed by atoms with Gasteiger partial charge in [-0.05, 0) is 49.6 Å². The van der Waals surface area contributed by atoms with Gasteiger partial charge in [-0.15, -0.1) is 0 Å². The molecule has 5 N–H and O–H groups in total. The fraction of sp³-hybridized carbons (Fsp3) is 0.300. The second-order valence-corrected chi connectivity index (χ2v) is 10.4. The monoisotopic (exact) mass is 575 g/mol. The number of nitrogen functional groups attached to an aromatic ring is 1. The number of benzene rings is 2. The van der Waals surface area contributed by atoms with E-state index in [-0.39, 0.29) is 23.5 Å². The molecular weight excluding hydrogens is 541 g/mol. The summed E-state index contributed by atoms with van der Waals surface area (Å²) in [5.74, 6) is 0.504. The maximum Gasteiger partial charge on any atom is 0.144 e. The Hall–Kier alpha value is -4.09. The zero-order valence-electron chi connectivity index (χ0n) is 23.3. The molecule has 0 spiro atoms. The molecule has 0 bridgehead atoms. The van der Waals surface area contributed by atoms with E-state index in [0.29, 0.717) is 28.6 Å². The first-order valence-corrected chi connectivity index (χ1v) is 14.6. The molecule has 1 aliphatic heterocycles. The SMILES string of the molecule is CNc1c(-c2cnn(C3CCOCC3)c2)cnc(N)c1C(=N)c1ccc(NSC)c(OC(C)c2ccc(F)cc2)c1. The molecule has 2 aromatic carbocycles. The highest BCUT2D eigenvalue weighted by Crippen LogP contribution is 2.37. The normalized spacial score (nSPS) is 14.4. The van der Waals surface area contributed by atoms with Crippen LogP contribution >= 0.6 is 11.9 Å². The van der Waals surface area contributed by atoms with Gasteiger partial charge in [0.2, 0.25) is 0 Å².